The molecule has 4 rings (SSSR count). The van der Waals surface area contributed by atoms with Crippen molar-refractivity contribution in [1.29, 1.82) is 0 Å². The van der Waals surface area contributed by atoms with Crippen LogP contribution in [0.5, 0.6) is 0 Å². The molecule has 0 saturated carbocycles. The molecule has 6 nitrogen and oxygen atoms in total. The van der Waals surface area contributed by atoms with Crippen LogP contribution >= 0.6 is 0 Å². The Morgan fingerprint density at radius 1 is 0.846 bits per heavy atom. The fourth-order valence-corrected chi connectivity index (χ4v) is 5.37. The number of hydrogen-bond donors (Lipinski definition) is 1. The highest BCUT2D eigenvalue weighted by atomic mass is 16.2. The number of benzene rings is 2. The van der Waals surface area contributed by atoms with Crippen LogP contribution in [0.25, 0.3) is 0 Å². The van der Waals surface area contributed by atoms with Crippen LogP contribution in [0.4, 0.5) is 0 Å². The number of aromatic nitrogens is 1. The van der Waals surface area contributed by atoms with Gasteiger partial charge in [-0.2, -0.15) is 0 Å². The smallest absolute Gasteiger partial charge is 0.227 e. The molecule has 1 fully saturated rings. The van der Waals surface area contributed by atoms with Crippen molar-refractivity contribution in [3.05, 3.63) is 102 Å². The SMILES string of the molecule is O=C(CCc1cccnc1)NCCCCC1CCN(C(=O)Cc2ccccc2)C(C(=O)Cc2ccccc2)C1. The first kappa shape index (κ1) is 28.2. The average Bonchev–Trinajstić information content (AvgIpc) is 2.97. The van der Waals surface area contributed by atoms with E-state index in [1.54, 1.807) is 12.4 Å². The molecule has 1 aliphatic rings. The molecule has 0 bridgehead atoms. The summed E-state index contributed by atoms with van der Waals surface area (Å²) in [4.78, 5) is 44.8. The van der Waals surface area contributed by atoms with Crippen molar-refractivity contribution in [2.75, 3.05) is 13.1 Å². The summed E-state index contributed by atoms with van der Waals surface area (Å²) in [5.74, 6) is 0.612. The minimum absolute atomic E-state index is 0.0278. The molecule has 1 aliphatic heterocycles. The monoisotopic (exact) mass is 525 g/mol. The number of pyridine rings is 1. The van der Waals surface area contributed by atoms with E-state index in [4.69, 9.17) is 0 Å². The van der Waals surface area contributed by atoms with Crippen molar-refractivity contribution >= 4 is 17.6 Å². The molecule has 1 saturated heterocycles. The molecule has 2 unspecified atom stereocenters. The number of nitrogens with zero attached hydrogens (tertiary/aromatic N) is 2. The average molecular weight is 526 g/mol. The predicted octanol–water partition coefficient (Wildman–Crippen LogP) is 4.96. The van der Waals surface area contributed by atoms with E-state index in [2.05, 4.69) is 10.3 Å². The zero-order valence-electron chi connectivity index (χ0n) is 22.6. The fraction of sp³-hybridized carbons (Fsp3) is 0.394. The highest BCUT2D eigenvalue weighted by Gasteiger charge is 2.35. The van der Waals surface area contributed by atoms with E-state index in [0.717, 1.165) is 42.4 Å². The minimum Gasteiger partial charge on any atom is -0.356 e. The number of carbonyl (C=O) groups excluding carboxylic acids is 3. The van der Waals surface area contributed by atoms with Crippen LogP contribution in [-0.2, 0) is 33.6 Å². The van der Waals surface area contributed by atoms with Crippen molar-refractivity contribution in [3.63, 3.8) is 0 Å². The molecule has 0 radical (unpaired) electrons. The van der Waals surface area contributed by atoms with Gasteiger partial charge in [-0.15, -0.1) is 0 Å². The Kier molecular flexibility index (Phi) is 10.8. The van der Waals surface area contributed by atoms with Gasteiger partial charge in [-0.3, -0.25) is 19.4 Å². The maximum Gasteiger partial charge on any atom is 0.227 e. The van der Waals surface area contributed by atoms with Gasteiger partial charge in [0.05, 0.1) is 12.5 Å². The lowest BCUT2D eigenvalue weighted by molar-refractivity contribution is -0.141. The van der Waals surface area contributed by atoms with Crippen molar-refractivity contribution in [1.82, 2.24) is 15.2 Å². The third-order valence-corrected chi connectivity index (χ3v) is 7.55. The van der Waals surface area contributed by atoms with Crippen LogP contribution in [0.2, 0.25) is 0 Å². The second kappa shape index (κ2) is 15.0. The second-order valence-electron chi connectivity index (χ2n) is 10.5. The van der Waals surface area contributed by atoms with E-state index >= 15 is 0 Å². The Morgan fingerprint density at radius 2 is 1.54 bits per heavy atom. The first-order valence-corrected chi connectivity index (χ1v) is 14.1. The van der Waals surface area contributed by atoms with Gasteiger partial charge in [0.25, 0.3) is 0 Å². The van der Waals surface area contributed by atoms with Gasteiger partial charge in [-0.05, 0) is 54.4 Å². The quantitative estimate of drug-likeness (QED) is 0.320. The Morgan fingerprint density at radius 3 is 2.23 bits per heavy atom. The largest absolute Gasteiger partial charge is 0.356 e. The Balaban J connectivity index is 1.25. The lowest BCUT2D eigenvalue weighted by Gasteiger charge is -2.39. The van der Waals surface area contributed by atoms with Gasteiger partial charge < -0.3 is 10.2 Å². The van der Waals surface area contributed by atoms with Crippen molar-refractivity contribution < 1.29 is 14.4 Å². The van der Waals surface area contributed by atoms with Gasteiger partial charge in [-0.1, -0.05) is 79.6 Å². The van der Waals surface area contributed by atoms with Gasteiger partial charge in [0.15, 0.2) is 5.78 Å². The lowest BCUT2D eigenvalue weighted by atomic mass is 9.84. The van der Waals surface area contributed by atoms with E-state index < -0.39 is 0 Å². The first-order chi connectivity index (χ1) is 19.1. The number of Topliss-reactive ketones (excluding diaryl/α,β-unsaturated/α-hetero) is 1. The molecule has 1 N–H and O–H groups in total. The predicted molar refractivity (Wildman–Crippen MR) is 153 cm³/mol. The summed E-state index contributed by atoms with van der Waals surface area (Å²) in [6, 6.07) is 23.0. The molecule has 3 aromatic rings. The Bertz CT molecular complexity index is 1180. The lowest BCUT2D eigenvalue weighted by Crippen LogP contribution is -2.51. The van der Waals surface area contributed by atoms with E-state index in [9.17, 15) is 14.4 Å². The number of ketones is 1. The van der Waals surface area contributed by atoms with Gasteiger partial charge in [0.2, 0.25) is 11.8 Å². The summed E-state index contributed by atoms with van der Waals surface area (Å²) in [7, 11) is 0. The number of piperidine rings is 1. The van der Waals surface area contributed by atoms with E-state index in [-0.39, 0.29) is 23.6 Å². The molecule has 2 aromatic carbocycles. The standard InChI is InChI=1S/C33H39N3O3/c37-31(23-26-10-3-1-4-11-26)30-22-28(18-21-36(30)33(39)24-27-12-5-2-6-13-27)14-7-8-20-35-32(38)17-16-29-15-9-19-34-25-29/h1-6,9-13,15,19,25,28,30H,7-8,14,16-18,20-24H2,(H,35,38). The van der Waals surface area contributed by atoms with Crippen LogP contribution in [0.15, 0.2) is 85.2 Å². The third-order valence-electron chi connectivity index (χ3n) is 7.55. The van der Waals surface area contributed by atoms with Crippen LogP contribution in [0.1, 0.15) is 55.2 Å². The molecule has 2 amide bonds. The van der Waals surface area contributed by atoms with Crippen LogP contribution < -0.4 is 5.32 Å². The maximum absolute atomic E-state index is 13.5. The topological polar surface area (TPSA) is 79.4 Å². The van der Waals surface area contributed by atoms with Gasteiger partial charge in [0, 0.05) is 38.3 Å². The number of aryl methyl sites for hydroxylation is 1. The second-order valence-corrected chi connectivity index (χ2v) is 10.5. The summed E-state index contributed by atoms with van der Waals surface area (Å²) in [6.45, 7) is 1.28. The number of amides is 2. The molecule has 2 atom stereocenters. The minimum atomic E-state index is -0.382. The zero-order chi connectivity index (χ0) is 27.3. The zero-order valence-corrected chi connectivity index (χ0v) is 22.6. The van der Waals surface area contributed by atoms with Gasteiger partial charge in [0.1, 0.15) is 0 Å². The number of unbranched alkanes of at least 4 members (excludes halogenated alkanes) is 1. The normalized spacial score (nSPS) is 17.0. The maximum atomic E-state index is 13.5. The third kappa shape index (κ3) is 9.17. The number of rotatable bonds is 13. The molecule has 0 spiro atoms. The Hall–Kier alpha value is -3.80. The number of carbonyl (C=O) groups is 3. The summed E-state index contributed by atoms with van der Waals surface area (Å²) in [5, 5.41) is 3.02. The Labute approximate surface area is 231 Å². The van der Waals surface area contributed by atoms with Crippen molar-refractivity contribution in [2.24, 2.45) is 5.92 Å². The van der Waals surface area contributed by atoms with Gasteiger partial charge in [-0.25, -0.2) is 0 Å². The molecule has 1 aromatic heterocycles. The molecule has 204 valence electrons. The summed E-state index contributed by atoms with van der Waals surface area (Å²) in [6.07, 6.45) is 9.88. The fourth-order valence-electron chi connectivity index (χ4n) is 5.37. The highest BCUT2D eigenvalue weighted by molar-refractivity contribution is 5.91. The molecule has 2 heterocycles. The number of hydrogen-bond acceptors (Lipinski definition) is 4. The summed E-state index contributed by atoms with van der Waals surface area (Å²) in [5.41, 5.74) is 3.03. The molecular formula is C33H39N3O3. The first-order valence-electron chi connectivity index (χ1n) is 14.1. The van der Waals surface area contributed by atoms with Crippen LogP contribution in [0, 0.1) is 5.92 Å². The van der Waals surface area contributed by atoms with Gasteiger partial charge >= 0.3 is 0 Å². The molecule has 0 aliphatic carbocycles. The molecule has 39 heavy (non-hydrogen) atoms. The van der Waals surface area contributed by atoms with E-state index in [1.165, 1.54) is 0 Å². The number of nitrogens with one attached hydrogen (secondary N) is 1. The van der Waals surface area contributed by atoms with Crippen molar-refractivity contribution in [3.8, 4) is 0 Å². The summed E-state index contributed by atoms with van der Waals surface area (Å²) >= 11 is 0. The van der Waals surface area contributed by atoms with E-state index in [0.29, 0.717) is 51.1 Å². The highest BCUT2D eigenvalue weighted by Crippen LogP contribution is 2.29. The van der Waals surface area contributed by atoms with E-state index in [1.807, 2.05) is 77.7 Å². The van der Waals surface area contributed by atoms with Crippen LogP contribution in [-0.4, -0.2) is 46.6 Å². The van der Waals surface area contributed by atoms with Crippen molar-refractivity contribution in [2.45, 2.75) is 63.8 Å². The molecular weight excluding hydrogens is 486 g/mol. The summed E-state index contributed by atoms with van der Waals surface area (Å²) < 4.78 is 0. The number of likely N-dealkylation sites (tertiary alicyclic amines) is 1. The molecule has 6 heteroatoms. The van der Waals surface area contributed by atoms with Crippen LogP contribution in [0.3, 0.4) is 0 Å².